The molecule has 2 N–H and O–H groups in total. The van der Waals surface area contributed by atoms with Gasteiger partial charge in [-0.25, -0.2) is 13.1 Å². The van der Waals surface area contributed by atoms with Crippen molar-refractivity contribution in [1.29, 1.82) is 0 Å². The zero-order valence-corrected chi connectivity index (χ0v) is 15.8. The van der Waals surface area contributed by atoms with Gasteiger partial charge in [0.25, 0.3) is 0 Å². The minimum atomic E-state index is -3.44. The summed E-state index contributed by atoms with van der Waals surface area (Å²) in [5.41, 5.74) is 0.895. The maximum Gasteiger partial charge on any atom is 0.240 e. The topological polar surface area (TPSA) is 93.7 Å². The maximum absolute atomic E-state index is 12.1. The Morgan fingerprint density at radius 3 is 2.52 bits per heavy atom. The molecule has 1 aliphatic heterocycles. The van der Waals surface area contributed by atoms with Crippen molar-refractivity contribution in [2.24, 2.45) is 0 Å². The summed E-state index contributed by atoms with van der Waals surface area (Å²) in [6.45, 7) is 0.755. The molecule has 0 spiro atoms. The van der Waals surface area contributed by atoms with E-state index in [4.69, 9.17) is 9.47 Å². The van der Waals surface area contributed by atoms with E-state index in [2.05, 4.69) is 10.0 Å². The molecule has 0 radical (unpaired) electrons. The monoisotopic (exact) mass is 390 g/mol. The molecule has 2 aromatic carbocycles. The first-order valence-corrected chi connectivity index (χ1v) is 10.1. The SMILES string of the molecule is CNS(=O)(=O)c1ccc(CCC(=O)NC[C@H]2COc3ccccc3O2)cc1. The molecule has 0 aromatic heterocycles. The predicted octanol–water partition coefficient (Wildman–Crippen LogP) is 1.48. The van der Waals surface area contributed by atoms with Crippen molar-refractivity contribution in [3.8, 4) is 11.5 Å². The summed E-state index contributed by atoms with van der Waals surface area (Å²) in [5, 5.41) is 2.85. The van der Waals surface area contributed by atoms with Gasteiger partial charge in [0.15, 0.2) is 11.5 Å². The highest BCUT2D eigenvalue weighted by Crippen LogP contribution is 2.30. The summed E-state index contributed by atoms with van der Waals surface area (Å²) >= 11 is 0. The molecular formula is C19H22N2O5S. The van der Waals surface area contributed by atoms with Gasteiger partial charge in [-0.15, -0.1) is 0 Å². The molecule has 27 heavy (non-hydrogen) atoms. The third kappa shape index (κ3) is 4.99. The Kier molecular flexibility index (Phi) is 5.98. The zero-order chi connectivity index (χ0) is 19.3. The number of hydrogen-bond acceptors (Lipinski definition) is 5. The van der Waals surface area contributed by atoms with Crippen molar-refractivity contribution >= 4 is 15.9 Å². The quantitative estimate of drug-likeness (QED) is 0.747. The standard InChI is InChI=1S/C19H22N2O5S/c1-20-27(23,24)16-9-6-14(7-10-16)8-11-19(22)21-12-15-13-25-17-4-2-3-5-18(17)26-15/h2-7,9-10,15,20H,8,11-13H2,1H3,(H,21,22)/t15-/m0/s1. The fourth-order valence-electron chi connectivity index (χ4n) is 2.69. The predicted molar refractivity (Wildman–Crippen MR) is 100 cm³/mol. The highest BCUT2D eigenvalue weighted by Gasteiger charge is 2.21. The fourth-order valence-corrected chi connectivity index (χ4v) is 3.42. The Labute approximate surface area is 158 Å². The number of nitrogens with one attached hydrogen (secondary N) is 2. The second-order valence-corrected chi connectivity index (χ2v) is 8.04. The minimum absolute atomic E-state index is 0.0932. The van der Waals surface area contributed by atoms with Crippen LogP contribution in [0.5, 0.6) is 11.5 Å². The van der Waals surface area contributed by atoms with Gasteiger partial charge in [-0.2, -0.15) is 0 Å². The zero-order valence-electron chi connectivity index (χ0n) is 15.0. The Morgan fingerprint density at radius 2 is 1.81 bits per heavy atom. The molecule has 0 fully saturated rings. The lowest BCUT2D eigenvalue weighted by Gasteiger charge is -2.26. The van der Waals surface area contributed by atoms with Crippen molar-refractivity contribution in [2.75, 3.05) is 20.2 Å². The van der Waals surface area contributed by atoms with Crippen LogP contribution in [0.15, 0.2) is 53.4 Å². The van der Waals surface area contributed by atoms with E-state index < -0.39 is 10.0 Å². The molecular weight excluding hydrogens is 368 g/mol. The molecule has 1 amide bonds. The number of carbonyl (C=O) groups is 1. The highest BCUT2D eigenvalue weighted by atomic mass is 32.2. The first-order chi connectivity index (χ1) is 13.0. The van der Waals surface area contributed by atoms with Crippen LogP contribution in [0.3, 0.4) is 0 Å². The van der Waals surface area contributed by atoms with Crippen molar-refractivity contribution in [1.82, 2.24) is 10.0 Å². The van der Waals surface area contributed by atoms with Gasteiger partial charge in [-0.05, 0) is 43.3 Å². The summed E-state index contributed by atoms with van der Waals surface area (Å²) in [4.78, 5) is 12.3. The van der Waals surface area contributed by atoms with Crippen LogP contribution >= 0.6 is 0 Å². The van der Waals surface area contributed by atoms with E-state index in [0.717, 1.165) is 5.56 Å². The molecule has 0 saturated carbocycles. The van der Waals surface area contributed by atoms with Gasteiger partial charge in [0, 0.05) is 6.42 Å². The second-order valence-electron chi connectivity index (χ2n) is 6.15. The molecule has 144 valence electrons. The van der Waals surface area contributed by atoms with E-state index in [1.165, 1.54) is 19.2 Å². The lowest BCUT2D eigenvalue weighted by Crippen LogP contribution is -2.40. The van der Waals surface area contributed by atoms with Crippen LogP contribution in [0.1, 0.15) is 12.0 Å². The summed E-state index contributed by atoms with van der Waals surface area (Å²) in [5.74, 6) is 1.30. The molecule has 3 rings (SSSR count). The third-order valence-electron chi connectivity index (χ3n) is 4.24. The number of rotatable bonds is 7. The van der Waals surface area contributed by atoms with Gasteiger partial charge >= 0.3 is 0 Å². The van der Waals surface area contributed by atoms with Gasteiger partial charge in [0.05, 0.1) is 11.4 Å². The van der Waals surface area contributed by atoms with Gasteiger partial charge in [0.1, 0.15) is 12.7 Å². The molecule has 0 bridgehead atoms. The molecule has 7 nitrogen and oxygen atoms in total. The van der Waals surface area contributed by atoms with E-state index in [1.54, 1.807) is 12.1 Å². The van der Waals surface area contributed by atoms with Crippen molar-refractivity contribution in [3.05, 3.63) is 54.1 Å². The molecule has 1 aliphatic rings. The van der Waals surface area contributed by atoms with Crippen molar-refractivity contribution in [2.45, 2.75) is 23.8 Å². The van der Waals surface area contributed by atoms with Crippen molar-refractivity contribution < 1.29 is 22.7 Å². The Bertz CT molecular complexity index is 897. The molecule has 0 saturated heterocycles. The average Bonchev–Trinajstić information content (AvgIpc) is 2.71. The lowest BCUT2D eigenvalue weighted by atomic mass is 10.1. The Hall–Kier alpha value is -2.58. The molecule has 1 heterocycles. The van der Waals surface area contributed by atoms with Crippen LogP contribution in [0.2, 0.25) is 0 Å². The molecule has 0 aliphatic carbocycles. The highest BCUT2D eigenvalue weighted by molar-refractivity contribution is 7.89. The minimum Gasteiger partial charge on any atom is -0.486 e. The molecule has 2 aromatic rings. The number of para-hydroxylation sites is 2. The lowest BCUT2D eigenvalue weighted by molar-refractivity contribution is -0.121. The second kappa shape index (κ2) is 8.41. The third-order valence-corrected chi connectivity index (χ3v) is 5.67. The van der Waals surface area contributed by atoms with Gasteiger partial charge in [0.2, 0.25) is 15.9 Å². The van der Waals surface area contributed by atoms with Crippen LogP contribution < -0.4 is 19.5 Å². The van der Waals surface area contributed by atoms with Crippen LogP contribution in [0, 0.1) is 0 Å². The van der Waals surface area contributed by atoms with Gasteiger partial charge < -0.3 is 14.8 Å². The van der Waals surface area contributed by atoms with E-state index in [1.807, 2.05) is 24.3 Å². The number of aryl methyl sites for hydroxylation is 1. The van der Waals surface area contributed by atoms with E-state index in [0.29, 0.717) is 37.5 Å². The normalized spacial score (nSPS) is 16.0. The average molecular weight is 390 g/mol. The molecule has 1 atom stereocenters. The van der Waals surface area contributed by atoms with Gasteiger partial charge in [-0.1, -0.05) is 24.3 Å². The van der Waals surface area contributed by atoms with Crippen LogP contribution in [-0.2, 0) is 21.2 Å². The number of ether oxygens (including phenoxy) is 2. The Balaban J connectivity index is 1.44. The number of hydrogen-bond donors (Lipinski definition) is 2. The number of benzene rings is 2. The van der Waals surface area contributed by atoms with E-state index >= 15 is 0 Å². The number of sulfonamides is 1. The maximum atomic E-state index is 12.1. The fraction of sp³-hybridized carbons (Fsp3) is 0.316. The van der Waals surface area contributed by atoms with Crippen molar-refractivity contribution in [3.63, 3.8) is 0 Å². The largest absolute Gasteiger partial charge is 0.486 e. The summed E-state index contributed by atoms with van der Waals surface area (Å²) in [6.07, 6.45) is 0.605. The molecule has 8 heteroatoms. The first kappa shape index (κ1) is 19.2. The first-order valence-electron chi connectivity index (χ1n) is 8.65. The summed E-state index contributed by atoms with van der Waals surface area (Å²) in [6, 6.07) is 13.9. The van der Waals surface area contributed by atoms with E-state index in [9.17, 15) is 13.2 Å². The summed E-state index contributed by atoms with van der Waals surface area (Å²) < 4.78 is 37.1. The Morgan fingerprint density at radius 1 is 1.11 bits per heavy atom. The van der Waals surface area contributed by atoms with E-state index in [-0.39, 0.29) is 16.9 Å². The van der Waals surface area contributed by atoms with Crippen LogP contribution in [0.25, 0.3) is 0 Å². The smallest absolute Gasteiger partial charge is 0.240 e. The van der Waals surface area contributed by atoms with Crippen LogP contribution in [0.4, 0.5) is 0 Å². The number of carbonyl (C=O) groups excluding carboxylic acids is 1. The molecule has 0 unspecified atom stereocenters. The van der Waals surface area contributed by atoms with Crippen LogP contribution in [-0.4, -0.2) is 40.6 Å². The van der Waals surface area contributed by atoms with Gasteiger partial charge in [-0.3, -0.25) is 4.79 Å². The number of amides is 1. The summed E-state index contributed by atoms with van der Waals surface area (Å²) in [7, 11) is -2.08. The number of fused-ring (bicyclic) bond motifs is 1.